The van der Waals surface area contributed by atoms with Crippen LogP contribution in [0.1, 0.15) is 0 Å². The van der Waals surface area contributed by atoms with Gasteiger partial charge in [-0.1, -0.05) is 18.2 Å². The lowest BCUT2D eigenvalue weighted by atomic mass is 10.3. The maximum absolute atomic E-state index is 11.6. The van der Waals surface area contributed by atoms with Gasteiger partial charge >= 0.3 is 12.1 Å². The van der Waals surface area contributed by atoms with Gasteiger partial charge in [-0.05, 0) is 12.1 Å². The number of benzene rings is 1. The van der Waals surface area contributed by atoms with Gasteiger partial charge in [0, 0.05) is 0 Å². The van der Waals surface area contributed by atoms with E-state index in [2.05, 4.69) is 5.32 Å². The fourth-order valence-electron chi connectivity index (χ4n) is 1.11. The van der Waals surface area contributed by atoms with Gasteiger partial charge in [0.2, 0.25) is 0 Å². The van der Waals surface area contributed by atoms with Gasteiger partial charge in [-0.15, -0.1) is 0 Å². The molecule has 0 aliphatic carbocycles. The predicted octanol–water partition coefficient (Wildman–Crippen LogP) is 0.584. The first-order chi connectivity index (χ1) is 8.15. The normalized spacial score (nSPS) is 9.18. The van der Waals surface area contributed by atoms with Crippen LogP contribution in [0.2, 0.25) is 0 Å². The number of hydrogen-bond acceptors (Lipinski definition) is 3. The molecule has 0 aromatic heterocycles. The summed E-state index contributed by atoms with van der Waals surface area (Å²) < 4.78 is 0. The molecule has 0 saturated heterocycles. The minimum absolute atomic E-state index is 0.191. The molecule has 0 spiro atoms. The monoisotopic (exact) mass is 237 g/mol. The summed E-state index contributed by atoms with van der Waals surface area (Å²) in [5.74, 6) is 0. The first kappa shape index (κ1) is 12.5. The fourth-order valence-corrected chi connectivity index (χ4v) is 1.11. The number of para-hydroxylation sites is 1. The summed E-state index contributed by atoms with van der Waals surface area (Å²) in [6, 6.07) is 7.40. The lowest BCUT2D eigenvalue weighted by Gasteiger charge is -2.21. The number of hydrazine groups is 1. The first-order valence-corrected chi connectivity index (χ1v) is 4.71. The van der Waals surface area contributed by atoms with Gasteiger partial charge < -0.3 is 15.2 Å². The highest BCUT2D eigenvalue weighted by Crippen LogP contribution is 2.10. The smallest absolute Gasteiger partial charge is 0.424 e. The number of carbonyl (C=O) groups is 3. The highest BCUT2D eigenvalue weighted by Gasteiger charge is 2.16. The van der Waals surface area contributed by atoms with Crippen LogP contribution < -0.4 is 15.8 Å². The molecule has 0 atom stereocenters. The second-order valence-corrected chi connectivity index (χ2v) is 2.94. The van der Waals surface area contributed by atoms with E-state index >= 15 is 0 Å². The van der Waals surface area contributed by atoms with Crippen molar-refractivity contribution in [2.75, 3.05) is 11.6 Å². The van der Waals surface area contributed by atoms with Crippen LogP contribution in [0.5, 0.6) is 0 Å². The maximum atomic E-state index is 11.6. The molecule has 0 unspecified atom stereocenters. The molecule has 1 rings (SSSR count). The number of amides is 3. The van der Waals surface area contributed by atoms with Gasteiger partial charge in [0.25, 0.3) is 0 Å². The van der Waals surface area contributed by atoms with Gasteiger partial charge in [0.15, 0.2) is 0 Å². The van der Waals surface area contributed by atoms with Crippen LogP contribution >= 0.6 is 0 Å². The van der Waals surface area contributed by atoms with E-state index in [4.69, 9.17) is 5.11 Å². The van der Waals surface area contributed by atoms with Crippen LogP contribution in [0, 0.1) is 0 Å². The van der Waals surface area contributed by atoms with E-state index in [-0.39, 0.29) is 6.54 Å². The van der Waals surface area contributed by atoms with Crippen molar-refractivity contribution in [3.63, 3.8) is 0 Å². The lowest BCUT2D eigenvalue weighted by Crippen LogP contribution is -2.51. The second kappa shape index (κ2) is 6.11. The Hall–Kier alpha value is -2.57. The molecule has 0 saturated carbocycles. The quantitative estimate of drug-likeness (QED) is 0.529. The van der Waals surface area contributed by atoms with Crippen LogP contribution in [0.3, 0.4) is 0 Å². The Bertz CT molecular complexity index is 407. The largest absolute Gasteiger partial charge is 0.464 e. The topological polar surface area (TPSA) is 98.7 Å². The molecule has 0 radical (unpaired) electrons. The molecule has 0 aliphatic heterocycles. The number of anilines is 1. The number of nitrogens with zero attached hydrogens (tertiary/aromatic N) is 1. The number of carbonyl (C=O) groups excluding carboxylic acids is 2. The summed E-state index contributed by atoms with van der Waals surface area (Å²) in [7, 11) is 0. The molecule has 7 heteroatoms. The van der Waals surface area contributed by atoms with Crippen LogP contribution in [-0.2, 0) is 4.79 Å². The van der Waals surface area contributed by atoms with Crippen molar-refractivity contribution >= 4 is 24.1 Å². The summed E-state index contributed by atoms with van der Waals surface area (Å²) in [6.07, 6.45) is -0.878. The average Bonchev–Trinajstić information content (AvgIpc) is 2.34. The zero-order valence-electron chi connectivity index (χ0n) is 8.79. The Kier molecular flexibility index (Phi) is 4.49. The predicted molar refractivity (Wildman–Crippen MR) is 59.5 cm³/mol. The molecule has 0 fully saturated rings. The second-order valence-electron chi connectivity index (χ2n) is 2.94. The third kappa shape index (κ3) is 3.82. The summed E-state index contributed by atoms with van der Waals surface area (Å²) in [6.45, 7) is -0.191. The number of nitrogens with one attached hydrogen (secondary N) is 2. The van der Waals surface area contributed by atoms with Crippen LogP contribution in [0.4, 0.5) is 15.3 Å². The Morgan fingerprint density at radius 2 is 1.94 bits per heavy atom. The van der Waals surface area contributed by atoms with Crippen LogP contribution in [0.25, 0.3) is 0 Å². The third-order valence-corrected chi connectivity index (χ3v) is 1.76. The molecule has 0 heterocycles. The van der Waals surface area contributed by atoms with Gasteiger partial charge in [-0.2, -0.15) is 0 Å². The fraction of sp³-hybridized carbons (Fsp3) is 0.100. The number of rotatable bonds is 3. The van der Waals surface area contributed by atoms with Crippen molar-refractivity contribution in [3.05, 3.63) is 30.3 Å². The average molecular weight is 237 g/mol. The van der Waals surface area contributed by atoms with E-state index in [0.29, 0.717) is 12.0 Å². The SMILES string of the molecule is O=CCNC(=O)N(NC(=O)O)c1ccccc1. The van der Waals surface area contributed by atoms with Crippen molar-refractivity contribution in [1.82, 2.24) is 10.7 Å². The minimum Gasteiger partial charge on any atom is -0.464 e. The standard InChI is InChI=1S/C10H11N3O4/c14-7-6-11-9(15)13(12-10(16)17)8-4-2-1-3-5-8/h1-5,7,12H,6H2,(H,11,15)(H,16,17). The highest BCUT2D eigenvalue weighted by atomic mass is 16.4. The molecule has 90 valence electrons. The maximum Gasteiger partial charge on any atom is 0.424 e. The molecule has 0 aliphatic rings. The number of carboxylic acid groups (broad SMARTS) is 1. The van der Waals surface area contributed by atoms with Crippen molar-refractivity contribution in [3.8, 4) is 0 Å². The Morgan fingerprint density at radius 1 is 1.29 bits per heavy atom. The van der Waals surface area contributed by atoms with E-state index < -0.39 is 12.1 Å². The van der Waals surface area contributed by atoms with Crippen LogP contribution in [-0.4, -0.2) is 30.1 Å². The van der Waals surface area contributed by atoms with Gasteiger partial charge in [-0.3, -0.25) is 0 Å². The summed E-state index contributed by atoms with van der Waals surface area (Å²) >= 11 is 0. The Labute approximate surface area is 97.0 Å². The molecule has 3 N–H and O–H groups in total. The van der Waals surface area contributed by atoms with Crippen LogP contribution in [0.15, 0.2) is 30.3 Å². The number of urea groups is 1. The first-order valence-electron chi connectivity index (χ1n) is 4.71. The van der Waals surface area contributed by atoms with E-state index in [1.54, 1.807) is 30.3 Å². The molecule has 7 nitrogen and oxygen atoms in total. The Morgan fingerprint density at radius 3 is 2.47 bits per heavy atom. The lowest BCUT2D eigenvalue weighted by molar-refractivity contribution is -0.107. The summed E-state index contributed by atoms with van der Waals surface area (Å²) in [5, 5.41) is 11.6. The molecular weight excluding hydrogens is 226 g/mol. The van der Waals surface area contributed by atoms with Crippen molar-refractivity contribution in [2.24, 2.45) is 0 Å². The van der Waals surface area contributed by atoms with Gasteiger partial charge in [-0.25, -0.2) is 20.0 Å². The molecular formula is C10H11N3O4. The highest BCUT2D eigenvalue weighted by molar-refractivity contribution is 5.94. The van der Waals surface area contributed by atoms with Gasteiger partial charge in [0.05, 0.1) is 12.2 Å². The summed E-state index contributed by atoms with van der Waals surface area (Å²) in [5.41, 5.74) is 2.27. The molecule has 1 aromatic rings. The van der Waals surface area contributed by atoms with E-state index in [0.717, 1.165) is 5.01 Å². The molecule has 3 amide bonds. The van der Waals surface area contributed by atoms with E-state index in [1.807, 2.05) is 5.43 Å². The zero-order chi connectivity index (χ0) is 12.7. The number of hydrogen-bond donors (Lipinski definition) is 3. The molecule has 0 bridgehead atoms. The number of aldehydes is 1. The third-order valence-electron chi connectivity index (χ3n) is 1.76. The van der Waals surface area contributed by atoms with E-state index in [9.17, 15) is 14.4 Å². The van der Waals surface area contributed by atoms with Crippen molar-refractivity contribution < 1.29 is 19.5 Å². The van der Waals surface area contributed by atoms with E-state index in [1.165, 1.54) is 0 Å². The molecule has 1 aromatic carbocycles. The Balaban J connectivity index is 2.84. The zero-order valence-corrected chi connectivity index (χ0v) is 8.79. The summed E-state index contributed by atoms with van der Waals surface area (Å²) in [4.78, 5) is 32.2. The molecule has 17 heavy (non-hydrogen) atoms. The van der Waals surface area contributed by atoms with Crippen molar-refractivity contribution in [1.29, 1.82) is 0 Å². The van der Waals surface area contributed by atoms with Crippen molar-refractivity contribution in [2.45, 2.75) is 0 Å². The van der Waals surface area contributed by atoms with Gasteiger partial charge in [0.1, 0.15) is 6.29 Å². The minimum atomic E-state index is -1.38.